The Morgan fingerprint density at radius 1 is 1.18 bits per heavy atom. The molecule has 1 aromatic carbocycles. The molecule has 170 valence electrons. The Hall–Kier alpha value is -3.41. The normalized spacial score (nSPS) is 17.0. The molecular formula is C25H28N6O2. The molecule has 2 aliphatic rings. The van der Waals surface area contributed by atoms with Gasteiger partial charge in [-0.25, -0.2) is 9.97 Å². The van der Waals surface area contributed by atoms with E-state index < -0.39 is 0 Å². The van der Waals surface area contributed by atoms with Crippen molar-refractivity contribution in [3.8, 4) is 11.8 Å². The Labute approximate surface area is 192 Å². The van der Waals surface area contributed by atoms with Crippen LogP contribution in [0, 0.1) is 11.8 Å². The first-order valence-electron chi connectivity index (χ1n) is 11.5. The molecule has 1 saturated heterocycles. The van der Waals surface area contributed by atoms with Gasteiger partial charge in [-0.05, 0) is 43.9 Å². The maximum atomic E-state index is 12.4. The Bertz CT molecular complexity index is 1230. The summed E-state index contributed by atoms with van der Waals surface area (Å²) in [5.74, 6) is 6.80. The van der Waals surface area contributed by atoms with Gasteiger partial charge in [0.1, 0.15) is 17.8 Å². The minimum Gasteiger partial charge on any atom is -0.395 e. The first kappa shape index (κ1) is 21.4. The molecule has 5 rings (SSSR count). The zero-order chi connectivity index (χ0) is 22.8. The molecule has 8 heteroatoms. The topological polar surface area (TPSA) is 109 Å². The van der Waals surface area contributed by atoms with Gasteiger partial charge in [0.05, 0.1) is 17.6 Å². The van der Waals surface area contributed by atoms with E-state index in [1.807, 2.05) is 30.5 Å². The molecule has 2 aromatic heterocycles. The number of hydrogen-bond donors (Lipinski definition) is 3. The molecule has 2 fully saturated rings. The lowest BCUT2D eigenvalue weighted by atomic mass is 10.0. The van der Waals surface area contributed by atoms with E-state index in [1.54, 1.807) is 0 Å². The number of nitrogens with two attached hydrogens (primary N) is 1. The average molecular weight is 445 g/mol. The van der Waals surface area contributed by atoms with Crippen molar-refractivity contribution in [2.24, 2.45) is 0 Å². The maximum Gasteiger partial charge on any atom is 0.251 e. The molecule has 3 aromatic rings. The third-order valence-corrected chi connectivity index (χ3v) is 6.38. The average Bonchev–Trinajstić information content (AvgIpc) is 3.57. The summed E-state index contributed by atoms with van der Waals surface area (Å²) in [6.45, 7) is 2.76. The number of nitrogens with one attached hydrogen (secondary N) is 1. The smallest absolute Gasteiger partial charge is 0.251 e. The molecule has 33 heavy (non-hydrogen) atoms. The van der Waals surface area contributed by atoms with Crippen LogP contribution in [0.4, 0.5) is 5.82 Å². The molecule has 0 bridgehead atoms. The van der Waals surface area contributed by atoms with Crippen molar-refractivity contribution in [2.75, 3.05) is 32.0 Å². The summed E-state index contributed by atoms with van der Waals surface area (Å²) in [5.41, 5.74) is 9.20. The van der Waals surface area contributed by atoms with Crippen molar-refractivity contribution in [3.63, 3.8) is 0 Å². The lowest BCUT2D eigenvalue weighted by molar-refractivity contribution is 0.0951. The molecule has 0 unspecified atom stereocenters. The quantitative estimate of drug-likeness (QED) is 0.519. The molecule has 1 amide bonds. The number of likely N-dealkylation sites (tertiary alicyclic amines) is 1. The minimum atomic E-state index is -0.0528. The number of carbonyl (C=O) groups excluding carboxylic acids is 1. The molecule has 1 aliphatic heterocycles. The van der Waals surface area contributed by atoms with Gasteiger partial charge in [0.15, 0.2) is 0 Å². The number of β-amino-alcohol motifs (C(OH)–C–C–N with tert-alkyl or cyclic N) is 1. The summed E-state index contributed by atoms with van der Waals surface area (Å²) in [6.07, 6.45) is 7.57. The lowest BCUT2D eigenvalue weighted by Crippen LogP contribution is -2.36. The van der Waals surface area contributed by atoms with Crippen LogP contribution < -0.4 is 11.1 Å². The monoisotopic (exact) mass is 444 g/mol. The van der Waals surface area contributed by atoms with Gasteiger partial charge >= 0.3 is 0 Å². The number of anilines is 1. The second-order valence-corrected chi connectivity index (χ2v) is 8.78. The van der Waals surface area contributed by atoms with Gasteiger partial charge in [0.25, 0.3) is 5.91 Å². The molecule has 0 atom stereocenters. The van der Waals surface area contributed by atoms with Crippen LogP contribution in [-0.4, -0.2) is 62.7 Å². The second-order valence-electron chi connectivity index (χ2n) is 8.78. The summed E-state index contributed by atoms with van der Waals surface area (Å²) >= 11 is 0. The van der Waals surface area contributed by atoms with Gasteiger partial charge in [-0.3, -0.25) is 4.79 Å². The highest BCUT2D eigenvalue weighted by Gasteiger charge is 2.24. The number of carbonyl (C=O) groups is 1. The van der Waals surface area contributed by atoms with Crippen molar-refractivity contribution in [1.29, 1.82) is 0 Å². The van der Waals surface area contributed by atoms with Crippen LogP contribution in [-0.2, 0) is 0 Å². The van der Waals surface area contributed by atoms with Crippen molar-refractivity contribution >= 4 is 22.8 Å². The van der Waals surface area contributed by atoms with Crippen LogP contribution in [0.5, 0.6) is 0 Å². The number of nitrogens with zero attached hydrogens (tertiary/aromatic N) is 4. The van der Waals surface area contributed by atoms with Crippen molar-refractivity contribution in [3.05, 3.63) is 53.5 Å². The Kier molecular flexibility index (Phi) is 5.99. The Morgan fingerprint density at radius 2 is 2.00 bits per heavy atom. The number of nitrogen functional groups attached to an aromatic ring is 1. The van der Waals surface area contributed by atoms with E-state index in [2.05, 4.69) is 36.6 Å². The van der Waals surface area contributed by atoms with E-state index >= 15 is 0 Å². The van der Waals surface area contributed by atoms with Crippen molar-refractivity contribution in [1.82, 2.24) is 24.8 Å². The fourth-order valence-corrected chi connectivity index (χ4v) is 4.42. The van der Waals surface area contributed by atoms with Gasteiger partial charge in [0, 0.05) is 49.0 Å². The summed E-state index contributed by atoms with van der Waals surface area (Å²) in [6, 6.07) is 7.99. The summed E-state index contributed by atoms with van der Waals surface area (Å²) in [4.78, 5) is 23.3. The number of piperidine rings is 1. The standard InChI is InChI=1S/C25H28N6O2/c26-23-22-19(5-4-17-2-1-3-18(14-17)25(33)29-20-6-7-20)15-31(24(22)28-16-27-23)21-8-10-30(11-9-21)12-13-32/h1-3,14-16,20-21,32H,6-13H2,(H,29,33)(H2,26,27,28). The van der Waals surface area contributed by atoms with Crippen molar-refractivity contribution < 1.29 is 9.90 Å². The van der Waals surface area contributed by atoms with Gasteiger partial charge in [-0.2, -0.15) is 0 Å². The molecule has 8 nitrogen and oxygen atoms in total. The van der Waals surface area contributed by atoms with Gasteiger partial charge in [-0.15, -0.1) is 0 Å². The number of rotatable bonds is 5. The fraction of sp³-hybridized carbons (Fsp3) is 0.400. The first-order valence-corrected chi connectivity index (χ1v) is 11.5. The van der Waals surface area contributed by atoms with E-state index in [1.165, 1.54) is 6.33 Å². The predicted molar refractivity (Wildman–Crippen MR) is 127 cm³/mol. The van der Waals surface area contributed by atoms with E-state index in [9.17, 15) is 9.90 Å². The number of hydrogen-bond acceptors (Lipinski definition) is 6. The summed E-state index contributed by atoms with van der Waals surface area (Å²) < 4.78 is 2.17. The maximum absolute atomic E-state index is 12.4. The predicted octanol–water partition coefficient (Wildman–Crippen LogP) is 1.93. The number of amides is 1. The highest BCUT2D eigenvalue weighted by molar-refractivity contribution is 5.95. The molecule has 1 aliphatic carbocycles. The summed E-state index contributed by atoms with van der Waals surface area (Å²) in [5, 5.41) is 13.0. The number of fused-ring (bicyclic) bond motifs is 1. The van der Waals surface area contributed by atoms with Crippen LogP contribution in [0.2, 0.25) is 0 Å². The molecular weight excluding hydrogens is 416 g/mol. The molecule has 4 N–H and O–H groups in total. The zero-order valence-electron chi connectivity index (χ0n) is 18.5. The third-order valence-electron chi connectivity index (χ3n) is 6.38. The second kappa shape index (κ2) is 9.22. The van der Waals surface area contributed by atoms with E-state index in [0.717, 1.165) is 60.9 Å². The largest absolute Gasteiger partial charge is 0.395 e. The minimum absolute atomic E-state index is 0.0528. The number of aromatic nitrogens is 3. The van der Waals surface area contributed by atoms with Crippen molar-refractivity contribution in [2.45, 2.75) is 37.8 Å². The van der Waals surface area contributed by atoms with Crippen LogP contribution >= 0.6 is 0 Å². The van der Waals surface area contributed by atoms with Gasteiger partial charge < -0.3 is 25.6 Å². The SMILES string of the molecule is Nc1ncnc2c1c(C#Cc1cccc(C(=O)NC3CC3)c1)cn2C1CCN(CCO)CC1. The summed E-state index contributed by atoms with van der Waals surface area (Å²) in [7, 11) is 0. The Morgan fingerprint density at radius 3 is 2.76 bits per heavy atom. The fourth-order valence-electron chi connectivity index (χ4n) is 4.42. The van der Waals surface area contributed by atoms with Crippen LogP contribution in [0.1, 0.15) is 53.2 Å². The third kappa shape index (κ3) is 4.70. The number of aliphatic hydroxyl groups excluding tert-OH is 1. The van der Waals surface area contributed by atoms with Crippen LogP contribution in [0.3, 0.4) is 0 Å². The highest BCUT2D eigenvalue weighted by atomic mass is 16.3. The Balaban J connectivity index is 1.43. The number of benzene rings is 1. The highest BCUT2D eigenvalue weighted by Crippen LogP contribution is 2.31. The van der Waals surface area contributed by atoms with Crippen LogP contribution in [0.15, 0.2) is 36.8 Å². The molecule has 3 heterocycles. The first-order chi connectivity index (χ1) is 16.1. The number of aliphatic hydroxyl groups is 1. The lowest BCUT2D eigenvalue weighted by Gasteiger charge is -2.32. The van der Waals surface area contributed by atoms with Gasteiger partial charge in [0.2, 0.25) is 0 Å². The molecule has 0 radical (unpaired) electrons. The molecule has 1 saturated carbocycles. The zero-order valence-corrected chi connectivity index (χ0v) is 18.5. The van der Waals surface area contributed by atoms with E-state index in [4.69, 9.17) is 5.73 Å². The van der Waals surface area contributed by atoms with E-state index in [0.29, 0.717) is 30.0 Å². The van der Waals surface area contributed by atoms with Crippen LogP contribution in [0.25, 0.3) is 11.0 Å². The van der Waals surface area contributed by atoms with Gasteiger partial charge in [-0.1, -0.05) is 17.9 Å². The molecule has 0 spiro atoms. The van der Waals surface area contributed by atoms with E-state index in [-0.39, 0.29) is 12.5 Å².